The van der Waals surface area contributed by atoms with Crippen molar-refractivity contribution in [1.29, 1.82) is 0 Å². The van der Waals surface area contributed by atoms with E-state index in [-0.39, 0.29) is 29.3 Å². The third-order valence-electron chi connectivity index (χ3n) is 3.46. The Morgan fingerprint density at radius 2 is 2.00 bits per heavy atom. The van der Waals surface area contributed by atoms with Crippen LogP contribution in [0.3, 0.4) is 0 Å². The van der Waals surface area contributed by atoms with Crippen LogP contribution in [-0.4, -0.2) is 29.3 Å². The van der Waals surface area contributed by atoms with Crippen molar-refractivity contribution in [3.8, 4) is 5.75 Å². The van der Waals surface area contributed by atoms with E-state index < -0.39 is 18.0 Å². The Morgan fingerprint density at radius 3 is 2.65 bits per heavy atom. The topological polar surface area (TPSA) is 114 Å². The van der Waals surface area contributed by atoms with Crippen molar-refractivity contribution in [3.05, 3.63) is 39.7 Å². The number of carboxylic acids is 1. The minimum absolute atomic E-state index is 0.0261. The van der Waals surface area contributed by atoms with Crippen LogP contribution < -0.4 is 5.63 Å². The van der Waals surface area contributed by atoms with Gasteiger partial charge in [0.15, 0.2) is 0 Å². The van der Waals surface area contributed by atoms with Crippen LogP contribution >= 0.6 is 0 Å². The highest BCUT2D eigenvalue weighted by molar-refractivity contribution is 5.84. The Kier molecular flexibility index (Phi) is 5.00. The lowest BCUT2D eigenvalue weighted by atomic mass is 9.97. The van der Waals surface area contributed by atoms with E-state index >= 15 is 0 Å². The molecule has 7 nitrogen and oxygen atoms in total. The number of benzene rings is 1. The van der Waals surface area contributed by atoms with Crippen molar-refractivity contribution in [2.45, 2.75) is 25.7 Å². The fraction of sp³-hybridized carbons (Fsp3) is 0.312. The molecule has 122 valence electrons. The molecule has 0 aliphatic heterocycles. The number of rotatable bonds is 6. The maximum Gasteiger partial charge on any atom is 0.340 e. The zero-order valence-electron chi connectivity index (χ0n) is 12.5. The van der Waals surface area contributed by atoms with Gasteiger partial charge in [0.1, 0.15) is 11.3 Å². The van der Waals surface area contributed by atoms with Gasteiger partial charge in [-0.1, -0.05) is 0 Å². The fourth-order valence-corrected chi connectivity index (χ4v) is 2.42. The molecule has 0 unspecified atom stereocenters. The average Bonchev–Trinajstić information content (AvgIpc) is 2.50. The second-order valence-electron chi connectivity index (χ2n) is 5.03. The molecule has 0 saturated carbocycles. The average molecular weight is 320 g/mol. The largest absolute Gasteiger partial charge is 0.508 e. The number of aromatic hydroxyl groups is 1. The van der Waals surface area contributed by atoms with Crippen LogP contribution in [0.5, 0.6) is 5.75 Å². The van der Waals surface area contributed by atoms with Crippen LogP contribution in [0.2, 0.25) is 0 Å². The Balaban J connectivity index is 2.50. The highest BCUT2D eigenvalue weighted by Crippen LogP contribution is 2.26. The van der Waals surface area contributed by atoms with E-state index in [4.69, 9.17) is 9.52 Å². The third-order valence-corrected chi connectivity index (χ3v) is 3.46. The van der Waals surface area contributed by atoms with E-state index in [0.29, 0.717) is 23.8 Å². The van der Waals surface area contributed by atoms with Crippen LogP contribution in [0, 0.1) is 0 Å². The van der Waals surface area contributed by atoms with Crippen molar-refractivity contribution < 1.29 is 29.0 Å². The quantitative estimate of drug-likeness (QED) is 0.614. The van der Waals surface area contributed by atoms with Gasteiger partial charge < -0.3 is 19.4 Å². The number of carboxylic acid groups (broad SMARTS) is 1. The van der Waals surface area contributed by atoms with Gasteiger partial charge in [0.25, 0.3) is 0 Å². The lowest BCUT2D eigenvalue weighted by Gasteiger charge is -2.10. The molecule has 0 spiro atoms. The number of carbonyl (C=O) groups excluding carboxylic acids is 1. The number of ether oxygens (including phenoxy) is 1. The Morgan fingerprint density at radius 1 is 1.26 bits per heavy atom. The van der Waals surface area contributed by atoms with Gasteiger partial charge in [0.05, 0.1) is 19.1 Å². The number of aliphatic carboxylic acids is 1. The summed E-state index contributed by atoms with van der Waals surface area (Å²) in [5, 5.41) is 19.1. The van der Waals surface area contributed by atoms with E-state index in [0.717, 1.165) is 0 Å². The number of fused-ring (bicyclic) bond motifs is 1. The van der Waals surface area contributed by atoms with Crippen LogP contribution in [0.25, 0.3) is 11.0 Å². The molecule has 2 N–H and O–H groups in total. The second kappa shape index (κ2) is 6.95. The summed E-state index contributed by atoms with van der Waals surface area (Å²) in [5.74, 6) is -1.58. The molecule has 0 radical (unpaired) electrons. The van der Waals surface area contributed by atoms with Gasteiger partial charge >= 0.3 is 17.6 Å². The molecule has 0 atom stereocenters. The maximum atomic E-state index is 12.0. The zero-order valence-corrected chi connectivity index (χ0v) is 12.5. The zero-order chi connectivity index (χ0) is 17.0. The molecule has 2 aromatic rings. The summed E-state index contributed by atoms with van der Waals surface area (Å²) in [6.45, 7) is 0. The monoisotopic (exact) mass is 320 g/mol. The molecule has 2 rings (SSSR count). The molecule has 0 fully saturated rings. The van der Waals surface area contributed by atoms with E-state index in [1.54, 1.807) is 0 Å². The SMILES string of the molecule is COC(=O)CCCc1c(CC(=O)O)c(=O)oc2ccc(O)cc12. The molecular weight excluding hydrogens is 304 g/mol. The first kappa shape index (κ1) is 16.5. The summed E-state index contributed by atoms with van der Waals surface area (Å²) in [5.41, 5.74) is 0.0348. The minimum atomic E-state index is -1.16. The lowest BCUT2D eigenvalue weighted by Crippen LogP contribution is -2.16. The highest BCUT2D eigenvalue weighted by Gasteiger charge is 2.18. The number of phenolic OH excluding ortho intramolecular Hbond substituents is 1. The van der Waals surface area contributed by atoms with Crippen molar-refractivity contribution in [2.24, 2.45) is 0 Å². The molecule has 0 aliphatic rings. The molecule has 0 saturated heterocycles. The van der Waals surface area contributed by atoms with Gasteiger partial charge in [-0.05, 0) is 36.6 Å². The molecule has 1 aromatic carbocycles. The predicted octanol–water partition coefficient (Wildman–Crippen LogP) is 1.62. The van der Waals surface area contributed by atoms with E-state index in [1.165, 1.54) is 25.3 Å². The van der Waals surface area contributed by atoms with Gasteiger partial charge in [-0.2, -0.15) is 0 Å². The smallest absolute Gasteiger partial charge is 0.340 e. The normalized spacial score (nSPS) is 10.7. The van der Waals surface area contributed by atoms with Crippen molar-refractivity contribution in [2.75, 3.05) is 7.11 Å². The molecule has 1 aromatic heterocycles. The minimum Gasteiger partial charge on any atom is -0.508 e. The summed E-state index contributed by atoms with van der Waals surface area (Å²) < 4.78 is 9.68. The summed E-state index contributed by atoms with van der Waals surface area (Å²) in [6.07, 6.45) is 0.335. The van der Waals surface area contributed by atoms with Crippen LogP contribution in [0.4, 0.5) is 0 Å². The second-order valence-corrected chi connectivity index (χ2v) is 5.03. The molecule has 0 bridgehead atoms. The van der Waals surface area contributed by atoms with Crippen molar-refractivity contribution >= 4 is 22.9 Å². The predicted molar refractivity (Wildman–Crippen MR) is 80.4 cm³/mol. The van der Waals surface area contributed by atoms with Crippen molar-refractivity contribution in [3.63, 3.8) is 0 Å². The summed E-state index contributed by atoms with van der Waals surface area (Å²) in [6, 6.07) is 4.23. The first-order chi connectivity index (χ1) is 10.9. The first-order valence-corrected chi connectivity index (χ1v) is 6.98. The number of phenols is 1. The van der Waals surface area contributed by atoms with Crippen LogP contribution in [-0.2, 0) is 27.2 Å². The first-order valence-electron chi connectivity index (χ1n) is 6.98. The highest BCUT2D eigenvalue weighted by atomic mass is 16.5. The van der Waals surface area contributed by atoms with Gasteiger partial charge in [-0.3, -0.25) is 9.59 Å². The van der Waals surface area contributed by atoms with Crippen LogP contribution in [0.1, 0.15) is 24.0 Å². The van der Waals surface area contributed by atoms with Crippen LogP contribution in [0.15, 0.2) is 27.4 Å². The molecule has 1 heterocycles. The fourth-order valence-electron chi connectivity index (χ4n) is 2.42. The third kappa shape index (κ3) is 3.88. The molecule has 23 heavy (non-hydrogen) atoms. The molecule has 0 aliphatic carbocycles. The van der Waals surface area contributed by atoms with E-state index in [1.807, 2.05) is 0 Å². The number of methoxy groups -OCH3 is 1. The summed E-state index contributed by atoms with van der Waals surface area (Å²) >= 11 is 0. The molecule has 0 amide bonds. The van der Waals surface area contributed by atoms with E-state index in [9.17, 15) is 19.5 Å². The van der Waals surface area contributed by atoms with Crippen molar-refractivity contribution in [1.82, 2.24) is 0 Å². The standard InChI is InChI=1S/C16H16O7/c1-22-15(20)4-2-3-10-11-7-9(17)5-6-13(11)23-16(21)12(10)8-14(18)19/h5-7,17H,2-4,8H2,1H3,(H,18,19). The van der Waals surface area contributed by atoms with E-state index in [2.05, 4.69) is 4.74 Å². The van der Waals surface area contributed by atoms with Gasteiger partial charge in [0, 0.05) is 11.8 Å². The van der Waals surface area contributed by atoms with Gasteiger partial charge in [-0.15, -0.1) is 0 Å². The maximum absolute atomic E-state index is 12.0. The Hall–Kier alpha value is -2.83. The number of carbonyl (C=O) groups is 2. The number of hydrogen-bond acceptors (Lipinski definition) is 6. The number of aryl methyl sites for hydroxylation is 1. The number of hydrogen-bond donors (Lipinski definition) is 2. The summed E-state index contributed by atoms with van der Waals surface area (Å²) in [4.78, 5) is 34.3. The molecule has 7 heteroatoms. The van der Waals surface area contributed by atoms with Gasteiger partial charge in [0.2, 0.25) is 0 Å². The Bertz CT molecular complexity index is 804. The molecular formula is C16H16O7. The van der Waals surface area contributed by atoms with Gasteiger partial charge in [-0.25, -0.2) is 4.79 Å². The number of esters is 1. The summed E-state index contributed by atoms with van der Waals surface area (Å²) in [7, 11) is 1.28. The Labute approximate surface area is 131 Å². The lowest BCUT2D eigenvalue weighted by molar-refractivity contribution is -0.140.